The molecule has 0 radical (unpaired) electrons. The van der Waals surface area contributed by atoms with E-state index in [1.54, 1.807) is 11.1 Å². The lowest BCUT2D eigenvalue weighted by molar-refractivity contribution is -0.127. The number of amides is 1. The molecule has 3 rings (SSSR count). The van der Waals surface area contributed by atoms with Crippen LogP contribution in [-0.2, 0) is 4.79 Å². The lowest BCUT2D eigenvalue weighted by atomic mass is 9.82. The molecule has 2 saturated carbocycles. The number of hydrogen-bond donors (Lipinski definition) is 2. The Morgan fingerprint density at radius 3 is 2.21 bits per heavy atom. The fourth-order valence-corrected chi connectivity index (χ4v) is 5.55. The van der Waals surface area contributed by atoms with Gasteiger partial charge in [0.15, 0.2) is 0 Å². The molecule has 2 fully saturated rings. The Morgan fingerprint density at radius 1 is 1.06 bits per heavy atom. The number of carbonyl (C=O) groups is 2. The Bertz CT molecular complexity index is 907. The Morgan fingerprint density at radius 2 is 1.67 bits per heavy atom. The van der Waals surface area contributed by atoms with Crippen molar-refractivity contribution >= 4 is 28.9 Å². The topological polar surface area (TPSA) is 81.1 Å². The van der Waals surface area contributed by atoms with Gasteiger partial charge in [0.1, 0.15) is 4.88 Å². The summed E-state index contributed by atoms with van der Waals surface area (Å²) in [7, 11) is 1.88. The van der Waals surface area contributed by atoms with Crippen molar-refractivity contribution in [1.29, 1.82) is 0 Å². The predicted molar refractivity (Wildman–Crippen MR) is 132 cm³/mol. The highest BCUT2D eigenvalue weighted by Crippen LogP contribution is 2.37. The van der Waals surface area contributed by atoms with Gasteiger partial charge in [-0.3, -0.25) is 4.79 Å². The summed E-state index contributed by atoms with van der Waals surface area (Å²) in [6.07, 6.45) is 6.31. The molecule has 0 saturated heterocycles. The van der Waals surface area contributed by atoms with E-state index in [4.69, 9.17) is 0 Å². The van der Waals surface area contributed by atoms with Crippen LogP contribution in [-0.4, -0.2) is 46.3 Å². The van der Waals surface area contributed by atoms with Crippen molar-refractivity contribution in [3.05, 3.63) is 15.8 Å². The molecule has 1 aromatic rings. The zero-order chi connectivity index (χ0) is 24.3. The van der Waals surface area contributed by atoms with Gasteiger partial charge in [0, 0.05) is 24.4 Å². The first-order valence-electron chi connectivity index (χ1n) is 12.1. The number of carboxylic acids is 1. The van der Waals surface area contributed by atoms with Gasteiger partial charge in [-0.2, -0.15) is 0 Å². The van der Waals surface area contributed by atoms with Gasteiger partial charge in [-0.25, -0.2) is 14.8 Å². The normalized spacial score (nSPS) is 25.9. The minimum atomic E-state index is -1.04. The molecule has 0 unspecified atom stereocenters. The summed E-state index contributed by atoms with van der Waals surface area (Å²) in [6, 6.07) is 1.84. The minimum Gasteiger partial charge on any atom is -0.477 e. The van der Waals surface area contributed by atoms with E-state index in [0.717, 1.165) is 49.9 Å². The van der Waals surface area contributed by atoms with Crippen LogP contribution in [0.4, 0.5) is 5.69 Å². The van der Waals surface area contributed by atoms with E-state index in [0.29, 0.717) is 29.3 Å². The highest BCUT2D eigenvalue weighted by molar-refractivity contribution is 7.15. The third-order valence-electron chi connectivity index (χ3n) is 6.78. The third kappa shape index (κ3) is 6.59. The number of aromatic carboxylic acids is 1. The van der Waals surface area contributed by atoms with Crippen LogP contribution in [0.25, 0.3) is 0 Å². The van der Waals surface area contributed by atoms with Gasteiger partial charge in [0.2, 0.25) is 5.91 Å². The van der Waals surface area contributed by atoms with Crippen molar-refractivity contribution < 1.29 is 19.8 Å². The van der Waals surface area contributed by atoms with Gasteiger partial charge >= 0.3 is 5.97 Å². The van der Waals surface area contributed by atoms with E-state index in [9.17, 15) is 19.8 Å². The van der Waals surface area contributed by atoms with Crippen molar-refractivity contribution in [2.45, 2.75) is 91.2 Å². The molecule has 1 amide bonds. The maximum Gasteiger partial charge on any atom is 0.348 e. The van der Waals surface area contributed by atoms with Gasteiger partial charge in [0.05, 0.1) is 16.7 Å². The number of aliphatic hydroxyl groups excluding tert-OH is 1. The molecule has 2 N–H and O–H groups in total. The number of hydrazine groups is 1. The van der Waals surface area contributed by atoms with Crippen molar-refractivity contribution in [2.24, 2.45) is 17.3 Å². The van der Waals surface area contributed by atoms with Crippen molar-refractivity contribution in [3.63, 3.8) is 0 Å². The zero-order valence-corrected chi connectivity index (χ0v) is 21.4. The minimum absolute atomic E-state index is 0.0221. The maximum absolute atomic E-state index is 13.9. The Balaban J connectivity index is 2.00. The summed E-state index contributed by atoms with van der Waals surface area (Å²) in [4.78, 5) is 26.9. The number of thiophene rings is 1. The highest BCUT2D eigenvalue weighted by atomic mass is 32.1. The van der Waals surface area contributed by atoms with Gasteiger partial charge < -0.3 is 10.2 Å². The lowest BCUT2D eigenvalue weighted by Crippen LogP contribution is -2.53. The maximum atomic E-state index is 13.9. The van der Waals surface area contributed by atoms with Gasteiger partial charge in [-0.15, -0.1) is 11.3 Å². The van der Waals surface area contributed by atoms with Crippen LogP contribution in [0.5, 0.6) is 0 Å². The molecule has 0 bridgehead atoms. The first-order valence-corrected chi connectivity index (χ1v) is 12.9. The van der Waals surface area contributed by atoms with E-state index in [2.05, 4.69) is 18.8 Å². The Kier molecular flexibility index (Phi) is 8.26. The first kappa shape index (κ1) is 25.7. The second-order valence-electron chi connectivity index (χ2n) is 10.8. The number of aliphatic hydroxyl groups is 1. The van der Waals surface area contributed by atoms with Crippen LogP contribution >= 0.6 is 11.3 Å². The summed E-state index contributed by atoms with van der Waals surface area (Å²) < 4.78 is 0. The van der Waals surface area contributed by atoms with Crippen molar-refractivity contribution in [1.82, 2.24) is 5.01 Å². The molecule has 6 nitrogen and oxygen atoms in total. The van der Waals surface area contributed by atoms with Crippen LogP contribution in [0.3, 0.4) is 0 Å². The summed E-state index contributed by atoms with van der Waals surface area (Å²) in [6.45, 7) is 8.26. The molecule has 0 aromatic carbocycles. The van der Waals surface area contributed by atoms with Crippen molar-refractivity contribution in [3.8, 4) is 11.8 Å². The molecule has 0 atom stereocenters. The molecule has 7 heteroatoms. The summed E-state index contributed by atoms with van der Waals surface area (Å²) >= 11 is 1.13. The molecule has 33 heavy (non-hydrogen) atoms. The zero-order valence-electron chi connectivity index (χ0n) is 20.6. The van der Waals surface area contributed by atoms with E-state index in [1.165, 1.54) is 0 Å². The molecule has 1 heterocycles. The molecule has 2 aliphatic rings. The van der Waals surface area contributed by atoms with Gasteiger partial charge in [-0.1, -0.05) is 18.8 Å². The highest BCUT2D eigenvalue weighted by Gasteiger charge is 2.37. The SMILES string of the molecule is CC1CCC(C(=O)N(c2cc(C#CC(C)(C)C)sc2C(=O)O)N(C)[C@H]2CC[C@H](O)CC2)CC1. The number of carbonyl (C=O) groups excluding carboxylic acids is 1. The molecule has 0 spiro atoms. The number of rotatable bonds is 5. The predicted octanol–water partition coefficient (Wildman–Crippen LogP) is 5.15. The largest absolute Gasteiger partial charge is 0.477 e. The summed E-state index contributed by atoms with van der Waals surface area (Å²) in [5, 5.41) is 23.5. The molecule has 0 aliphatic heterocycles. The smallest absolute Gasteiger partial charge is 0.348 e. The van der Waals surface area contributed by atoms with E-state index in [1.807, 2.05) is 32.8 Å². The monoisotopic (exact) mass is 474 g/mol. The fraction of sp³-hybridized carbons (Fsp3) is 0.692. The average Bonchev–Trinajstić information content (AvgIpc) is 3.17. The van der Waals surface area contributed by atoms with Gasteiger partial charge in [0.25, 0.3) is 0 Å². The van der Waals surface area contributed by atoms with E-state index >= 15 is 0 Å². The van der Waals surface area contributed by atoms with Gasteiger partial charge in [-0.05, 0) is 84.1 Å². The van der Waals surface area contributed by atoms with Crippen LogP contribution in [0, 0.1) is 29.1 Å². The molecule has 182 valence electrons. The number of hydrogen-bond acceptors (Lipinski definition) is 5. The number of nitrogens with zero attached hydrogens (tertiary/aromatic N) is 2. The Labute approximate surface area is 201 Å². The quantitative estimate of drug-likeness (QED) is 0.455. The molecular formula is C26H38N2O4S. The molecule has 2 aliphatic carbocycles. The molecular weight excluding hydrogens is 436 g/mol. The first-order chi connectivity index (χ1) is 15.5. The standard InChI is InChI=1S/C26H38N2O4S/c1-17-6-8-18(9-7-17)24(30)28(27(5)19-10-12-20(29)13-11-19)22-16-21(14-15-26(2,3)4)33-23(22)25(31)32/h16-20,29H,6-13H2,1-5H3,(H,31,32)/t17?,18?,19-,20-. The van der Waals surface area contributed by atoms with Crippen LogP contribution in [0.1, 0.15) is 93.6 Å². The molecule has 1 aromatic heterocycles. The summed E-state index contributed by atoms with van der Waals surface area (Å²) in [5.74, 6) is 5.74. The van der Waals surface area contributed by atoms with Crippen LogP contribution in [0.2, 0.25) is 0 Å². The Hall–Kier alpha value is -1.88. The average molecular weight is 475 g/mol. The number of carboxylic acid groups (broad SMARTS) is 1. The fourth-order valence-electron chi connectivity index (χ4n) is 4.72. The lowest BCUT2D eigenvalue weighted by Gasteiger charge is -2.42. The third-order valence-corrected chi connectivity index (χ3v) is 7.81. The van der Waals surface area contributed by atoms with E-state index < -0.39 is 5.97 Å². The second kappa shape index (κ2) is 10.6. The van der Waals surface area contributed by atoms with Crippen LogP contribution < -0.4 is 5.01 Å². The number of anilines is 1. The van der Waals surface area contributed by atoms with E-state index in [-0.39, 0.29) is 34.3 Å². The van der Waals surface area contributed by atoms with Crippen molar-refractivity contribution in [2.75, 3.05) is 12.1 Å². The van der Waals surface area contributed by atoms with Crippen LogP contribution in [0.15, 0.2) is 6.07 Å². The summed E-state index contributed by atoms with van der Waals surface area (Å²) in [5.41, 5.74) is 0.213. The second-order valence-corrected chi connectivity index (χ2v) is 11.8.